The molecule has 1 fully saturated rings. The van der Waals surface area contributed by atoms with Crippen LogP contribution < -0.4 is 10.6 Å². The standard InChI is InChI=1S/C16H22N2O3S/c1-2-21-16(20)15(12-6-4-3-5-7-12)18-14(19)10-13-11-22-9-8-17-13/h3-7,13,15,17H,2,8-11H2,1H3,(H,18,19)/t13?,15-/m1/s1. The molecule has 1 amide bonds. The molecular weight excluding hydrogens is 300 g/mol. The van der Waals surface area contributed by atoms with Gasteiger partial charge in [0.05, 0.1) is 6.61 Å². The van der Waals surface area contributed by atoms with Crippen LogP contribution in [0, 0.1) is 0 Å². The smallest absolute Gasteiger partial charge is 0.333 e. The van der Waals surface area contributed by atoms with Crippen LogP contribution in [0.15, 0.2) is 30.3 Å². The van der Waals surface area contributed by atoms with E-state index in [9.17, 15) is 9.59 Å². The van der Waals surface area contributed by atoms with Crippen LogP contribution in [0.3, 0.4) is 0 Å². The number of nitrogens with one attached hydrogen (secondary N) is 2. The van der Waals surface area contributed by atoms with E-state index in [-0.39, 0.29) is 11.9 Å². The Hall–Kier alpha value is -1.53. The minimum atomic E-state index is -0.745. The maximum absolute atomic E-state index is 12.2. The number of rotatable bonds is 6. The quantitative estimate of drug-likeness (QED) is 0.777. The van der Waals surface area contributed by atoms with Gasteiger partial charge < -0.3 is 15.4 Å². The lowest BCUT2D eigenvalue weighted by molar-refractivity contribution is -0.147. The van der Waals surface area contributed by atoms with E-state index in [1.807, 2.05) is 42.1 Å². The van der Waals surface area contributed by atoms with Crippen LogP contribution in [0.4, 0.5) is 0 Å². The van der Waals surface area contributed by atoms with Crippen molar-refractivity contribution in [3.8, 4) is 0 Å². The van der Waals surface area contributed by atoms with Gasteiger partial charge >= 0.3 is 5.97 Å². The Kier molecular flexibility index (Phi) is 6.74. The summed E-state index contributed by atoms with van der Waals surface area (Å²) in [5.74, 6) is 1.44. The first kappa shape index (κ1) is 16.8. The monoisotopic (exact) mass is 322 g/mol. The van der Waals surface area contributed by atoms with Crippen LogP contribution in [0.25, 0.3) is 0 Å². The molecule has 5 nitrogen and oxygen atoms in total. The number of benzene rings is 1. The Balaban J connectivity index is 1.99. The minimum absolute atomic E-state index is 0.137. The summed E-state index contributed by atoms with van der Waals surface area (Å²) in [7, 11) is 0. The lowest BCUT2D eigenvalue weighted by Crippen LogP contribution is -2.43. The fraction of sp³-hybridized carbons (Fsp3) is 0.500. The normalized spacial score (nSPS) is 19.2. The Morgan fingerprint density at radius 3 is 2.82 bits per heavy atom. The third-order valence-corrected chi connectivity index (χ3v) is 4.52. The van der Waals surface area contributed by atoms with E-state index in [1.165, 1.54) is 0 Å². The summed E-state index contributed by atoms with van der Waals surface area (Å²) in [6, 6.07) is 8.60. The Morgan fingerprint density at radius 1 is 1.41 bits per heavy atom. The Morgan fingerprint density at radius 2 is 2.18 bits per heavy atom. The van der Waals surface area contributed by atoms with Crippen LogP contribution in [0.2, 0.25) is 0 Å². The number of amides is 1. The van der Waals surface area contributed by atoms with Gasteiger partial charge in [-0.05, 0) is 12.5 Å². The number of hydrogen-bond donors (Lipinski definition) is 2. The molecule has 2 N–H and O–H groups in total. The number of hydrogen-bond acceptors (Lipinski definition) is 5. The van der Waals surface area contributed by atoms with Crippen LogP contribution in [0.5, 0.6) is 0 Å². The molecule has 0 saturated carbocycles. The molecule has 120 valence electrons. The van der Waals surface area contributed by atoms with Crippen molar-refractivity contribution in [2.75, 3.05) is 24.7 Å². The van der Waals surface area contributed by atoms with Crippen LogP contribution in [-0.2, 0) is 14.3 Å². The summed E-state index contributed by atoms with van der Waals surface area (Å²) in [4.78, 5) is 24.4. The molecule has 2 rings (SSSR count). The van der Waals surface area contributed by atoms with Gasteiger partial charge in [-0.2, -0.15) is 11.8 Å². The highest BCUT2D eigenvalue weighted by Gasteiger charge is 2.25. The first-order valence-electron chi connectivity index (χ1n) is 7.52. The van der Waals surface area contributed by atoms with Gasteiger partial charge in [0.25, 0.3) is 0 Å². The van der Waals surface area contributed by atoms with E-state index >= 15 is 0 Å². The first-order chi connectivity index (χ1) is 10.7. The molecule has 1 heterocycles. The SMILES string of the molecule is CCOC(=O)[C@H](NC(=O)CC1CSCCN1)c1ccccc1. The number of esters is 1. The third kappa shape index (κ3) is 5.03. The zero-order valence-corrected chi connectivity index (χ0v) is 13.5. The predicted octanol–water partition coefficient (Wildman–Crippen LogP) is 1.50. The molecule has 1 aliphatic heterocycles. The van der Waals surface area contributed by atoms with Crippen molar-refractivity contribution in [3.05, 3.63) is 35.9 Å². The molecule has 0 aliphatic carbocycles. The molecule has 0 aromatic heterocycles. The zero-order chi connectivity index (χ0) is 15.8. The second-order valence-electron chi connectivity index (χ2n) is 5.09. The highest BCUT2D eigenvalue weighted by Crippen LogP contribution is 2.16. The molecule has 0 bridgehead atoms. The Bertz CT molecular complexity index is 489. The topological polar surface area (TPSA) is 67.4 Å². The van der Waals surface area contributed by atoms with Gasteiger partial charge in [-0.15, -0.1) is 0 Å². The van der Waals surface area contributed by atoms with E-state index in [0.29, 0.717) is 13.0 Å². The average molecular weight is 322 g/mol. The van der Waals surface area contributed by atoms with Crippen molar-refractivity contribution in [2.24, 2.45) is 0 Å². The minimum Gasteiger partial charge on any atom is -0.464 e. The molecule has 1 aliphatic rings. The fourth-order valence-corrected chi connectivity index (χ4v) is 3.29. The fourth-order valence-electron chi connectivity index (χ4n) is 2.34. The van der Waals surface area contributed by atoms with Crippen molar-refractivity contribution in [2.45, 2.75) is 25.4 Å². The number of carbonyl (C=O) groups is 2. The highest BCUT2D eigenvalue weighted by atomic mass is 32.2. The predicted molar refractivity (Wildman–Crippen MR) is 87.7 cm³/mol. The Labute approximate surface area is 135 Å². The molecule has 22 heavy (non-hydrogen) atoms. The van der Waals surface area contributed by atoms with Gasteiger partial charge in [0.1, 0.15) is 0 Å². The molecule has 1 unspecified atom stereocenters. The maximum atomic E-state index is 12.2. The molecule has 0 spiro atoms. The summed E-state index contributed by atoms with van der Waals surface area (Å²) in [5.41, 5.74) is 0.736. The van der Waals surface area contributed by atoms with Crippen molar-refractivity contribution in [3.63, 3.8) is 0 Å². The van der Waals surface area contributed by atoms with Crippen LogP contribution >= 0.6 is 11.8 Å². The summed E-state index contributed by atoms with van der Waals surface area (Å²) < 4.78 is 5.08. The van der Waals surface area contributed by atoms with Crippen molar-refractivity contribution in [1.82, 2.24) is 10.6 Å². The molecule has 1 aromatic carbocycles. The molecular formula is C16H22N2O3S. The number of carbonyl (C=O) groups excluding carboxylic acids is 2. The molecule has 1 aromatic rings. The van der Waals surface area contributed by atoms with Gasteiger partial charge in [0.2, 0.25) is 5.91 Å². The third-order valence-electron chi connectivity index (χ3n) is 3.39. The van der Waals surface area contributed by atoms with Gasteiger partial charge in [0, 0.05) is 30.5 Å². The van der Waals surface area contributed by atoms with Crippen LogP contribution in [0.1, 0.15) is 24.9 Å². The second kappa shape index (κ2) is 8.80. The van der Waals surface area contributed by atoms with Crippen molar-refractivity contribution >= 4 is 23.6 Å². The van der Waals surface area contributed by atoms with E-state index in [4.69, 9.17) is 4.74 Å². The van der Waals surface area contributed by atoms with Gasteiger partial charge in [-0.1, -0.05) is 30.3 Å². The van der Waals surface area contributed by atoms with E-state index in [1.54, 1.807) is 6.92 Å². The van der Waals surface area contributed by atoms with Gasteiger partial charge in [-0.25, -0.2) is 4.79 Å². The van der Waals surface area contributed by atoms with E-state index in [2.05, 4.69) is 10.6 Å². The van der Waals surface area contributed by atoms with Crippen LogP contribution in [-0.4, -0.2) is 42.6 Å². The highest BCUT2D eigenvalue weighted by molar-refractivity contribution is 7.99. The molecule has 6 heteroatoms. The maximum Gasteiger partial charge on any atom is 0.333 e. The summed E-state index contributed by atoms with van der Waals surface area (Å²) in [6.45, 7) is 2.96. The lowest BCUT2D eigenvalue weighted by Gasteiger charge is -2.24. The van der Waals surface area contributed by atoms with E-state index < -0.39 is 12.0 Å². The molecule has 2 atom stereocenters. The summed E-state index contributed by atoms with van der Waals surface area (Å²) in [5, 5.41) is 6.12. The lowest BCUT2D eigenvalue weighted by atomic mass is 10.1. The summed E-state index contributed by atoms with van der Waals surface area (Å²) in [6.07, 6.45) is 0.371. The molecule has 0 radical (unpaired) electrons. The van der Waals surface area contributed by atoms with Crippen molar-refractivity contribution in [1.29, 1.82) is 0 Å². The average Bonchev–Trinajstić information content (AvgIpc) is 2.54. The van der Waals surface area contributed by atoms with Gasteiger partial charge in [-0.3, -0.25) is 4.79 Å². The zero-order valence-electron chi connectivity index (χ0n) is 12.7. The summed E-state index contributed by atoms with van der Waals surface area (Å²) >= 11 is 1.84. The van der Waals surface area contributed by atoms with Crippen molar-refractivity contribution < 1.29 is 14.3 Å². The first-order valence-corrected chi connectivity index (χ1v) is 8.68. The van der Waals surface area contributed by atoms with Gasteiger partial charge in [0.15, 0.2) is 6.04 Å². The molecule has 1 saturated heterocycles. The largest absolute Gasteiger partial charge is 0.464 e. The second-order valence-corrected chi connectivity index (χ2v) is 6.24. The van der Waals surface area contributed by atoms with E-state index in [0.717, 1.165) is 23.6 Å². The number of ether oxygens (including phenoxy) is 1. The number of thioether (sulfide) groups is 1.